The summed E-state index contributed by atoms with van der Waals surface area (Å²) in [6, 6.07) is 2.43. The van der Waals surface area contributed by atoms with Crippen LogP contribution in [0.25, 0.3) is 0 Å². The minimum absolute atomic E-state index is 0.00614. The van der Waals surface area contributed by atoms with E-state index in [4.69, 9.17) is 4.74 Å². The number of hydrogen-bond acceptors (Lipinski definition) is 2. The van der Waals surface area contributed by atoms with Crippen molar-refractivity contribution in [1.82, 2.24) is 4.90 Å². The van der Waals surface area contributed by atoms with Crippen LogP contribution in [0, 0.1) is 0 Å². The lowest BCUT2D eigenvalue weighted by Crippen LogP contribution is -2.17. The van der Waals surface area contributed by atoms with Crippen LogP contribution >= 0.6 is 0 Å². The van der Waals surface area contributed by atoms with Crippen LogP contribution in [0.3, 0.4) is 0 Å². The van der Waals surface area contributed by atoms with Gasteiger partial charge in [-0.05, 0) is 30.5 Å². The van der Waals surface area contributed by atoms with Gasteiger partial charge in [0.2, 0.25) is 0 Å². The van der Waals surface area contributed by atoms with Gasteiger partial charge in [-0.25, -0.2) is 0 Å². The van der Waals surface area contributed by atoms with Crippen LogP contribution in [-0.4, -0.2) is 24.0 Å². The molecule has 1 saturated carbocycles. The van der Waals surface area contributed by atoms with Crippen LogP contribution in [0.5, 0.6) is 5.75 Å². The van der Waals surface area contributed by atoms with E-state index in [9.17, 15) is 18.0 Å². The maximum atomic E-state index is 13.0. The smallest absolute Gasteiger partial charge is 0.416 e. The van der Waals surface area contributed by atoms with Gasteiger partial charge >= 0.3 is 6.18 Å². The molecular weight excluding hydrogens is 259 g/mol. The molecule has 0 spiro atoms. The van der Waals surface area contributed by atoms with E-state index in [1.54, 1.807) is 0 Å². The Kier molecular flexibility index (Phi) is 2.52. The fourth-order valence-corrected chi connectivity index (χ4v) is 2.22. The molecule has 0 radical (unpaired) electrons. The summed E-state index contributed by atoms with van der Waals surface area (Å²) in [6.45, 7) is -0.00722. The average Bonchev–Trinajstić information content (AvgIpc) is 3.07. The van der Waals surface area contributed by atoms with Crippen LogP contribution in [0.15, 0.2) is 12.1 Å². The number of alkyl halides is 3. The average molecular weight is 271 g/mol. The van der Waals surface area contributed by atoms with E-state index < -0.39 is 11.7 Å². The van der Waals surface area contributed by atoms with Crippen molar-refractivity contribution in [3.63, 3.8) is 0 Å². The molecule has 0 aromatic heterocycles. The molecule has 1 heterocycles. The van der Waals surface area contributed by atoms with Gasteiger partial charge in [0.05, 0.1) is 11.7 Å². The number of halogens is 3. The fourth-order valence-electron chi connectivity index (χ4n) is 2.22. The highest BCUT2D eigenvalue weighted by Crippen LogP contribution is 2.40. The Bertz CT molecular complexity index is 550. The highest BCUT2D eigenvalue weighted by atomic mass is 19.4. The number of ether oxygens (including phenoxy) is 1. The molecule has 3 nitrogen and oxygen atoms in total. The lowest BCUT2D eigenvalue weighted by Gasteiger charge is -2.14. The third kappa shape index (κ3) is 2.15. The monoisotopic (exact) mass is 271 g/mol. The molecule has 6 heteroatoms. The normalized spacial score (nSPS) is 18.7. The molecular formula is C13H12F3NO2. The van der Waals surface area contributed by atoms with E-state index in [-0.39, 0.29) is 35.4 Å². The van der Waals surface area contributed by atoms with E-state index in [0.29, 0.717) is 0 Å². The van der Waals surface area contributed by atoms with Gasteiger partial charge in [-0.1, -0.05) is 0 Å². The summed E-state index contributed by atoms with van der Waals surface area (Å²) in [6.07, 6.45) is -2.77. The lowest BCUT2D eigenvalue weighted by atomic mass is 10.0. The third-order valence-corrected chi connectivity index (χ3v) is 3.33. The minimum Gasteiger partial charge on any atom is -0.490 e. The first-order valence-corrected chi connectivity index (χ1v) is 6.02. The van der Waals surface area contributed by atoms with E-state index in [0.717, 1.165) is 18.9 Å². The molecule has 0 saturated heterocycles. The largest absolute Gasteiger partial charge is 0.490 e. The fraction of sp³-hybridized carbons (Fsp3) is 0.462. The Hall–Kier alpha value is -1.72. The first-order chi connectivity index (χ1) is 8.86. The second-order valence-electron chi connectivity index (χ2n) is 4.97. The lowest BCUT2D eigenvalue weighted by molar-refractivity contribution is -0.138. The quantitative estimate of drug-likeness (QED) is 0.827. The minimum atomic E-state index is -4.47. The van der Waals surface area contributed by atoms with E-state index in [1.165, 1.54) is 18.0 Å². The number of rotatable bonds is 2. The molecule has 1 aliphatic carbocycles. The SMILES string of the molecule is CN1Cc2c(cc(OC3CC3)cc2C(F)(F)F)C1=O. The molecule has 2 aliphatic rings. The number of amides is 1. The number of carbonyl (C=O) groups excluding carboxylic acids is 1. The zero-order valence-electron chi connectivity index (χ0n) is 10.3. The van der Waals surface area contributed by atoms with E-state index in [2.05, 4.69) is 0 Å². The maximum absolute atomic E-state index is 13.0. The molecule has 0 N–H and O–H groups in total. The number of benzene rings is 1. The topological polar surface area (TPSA) is 29.5 Å². The summed E-state index contributed by atoms with van der Waals surface area (Å²) in [4.78, 5) is 13.1. The maximum Gasteiger partial charge on any atom is 0.416 e. The molecule has 1 amide bonds. The van der Waals surface area contributed by atoms with Crippen LogP contribution in [0.4, 0.5) is 13.2 Å². The summed E-state index contributed by atoms with van der Waals surface area (Å²) >= 11 is 0. The third-order valence-electron chi connectivity index (χ3n) is 3.33. The van der Waals surface area contributed by atoms with Gasteiger partial charge in [-0.15, -0.1) is 0 Å². The first kappa shape index (κ1) is 12.3. The summed E-state index contributed by atoms with van der Waals surface area (Å²) in [5.41, 5.74) is -0.616. The molecule has 3 rings (SSSR count). The van der Waals surface area contributed by atoms with Gasteiger partial charge < -0.3 is 9.64 Å². The molecule has 1 aliphatic heterocycles. The van der Waals surface area contributed by atoms with E-state index >= 15 is 0 Å². The zero-order chi connectivity index (χ0) is 13.8. The van der Waals surface area contributed by atoms with Crippen molar-refractivity contribution in [2.24, 2.45) is 0 Å². The van der Waals surface area contributed by atoms with Gasteiger partial charge in [0.25, 0.3) is 5.91 Å². The molecule has 1 aromatic carbocycles. The summed E-state index contributed by atoms with van der Waals surface area (Å²) in [7, 11) is 1.49. The first-order valence-electron chi connectivity index (χ1n) is 6.02. The molecule has 1 fully saturated rings. The van der Waals surface area contributed by atoms with Gasteiger partial charge in [0.15, 0.2) is 0 Å². The standard InChI is InChI=1S/C13H12F3NO2/c1-17-6-10-9(12(17)18)4-8(19-7-2-3-7)5-11(10)13(14,15)16/h4-5,7H,2-3,6H2,1H3. The number of fused-ring (bicyclic) bond motifs is 1. The molecule has 0 atom stereocenters. The van der Waals surface area contributed by atoms with E-state index in [1.807, 2.05) is 0 Å². The number of hydrogen-bond donors (Lipinski definition) is 0. The second-order valence-corrected chi connectivity index (χ2v) is 4.97. The van der Waals surface area contributed by atoms with Gasteiger partial charge in [0, 0.05) is 19.2 Å². The van der Waals surface area contributed by atoms with Crippen LogP contribution < -0.4 is 4.74 Å². The Morgan fingerprint density at radius 1 is 1.32 bits per heavy atom. The van der Waals surface area contributed by atoms with Crippen LogP contribution in [0.2, 0.25) is 0 Å². The highest BCUT2D eigenvalue weighted by molar-refractivity contribution is 5.99. The van der Waals surface area contributed by atoms with Crippen LogP contribution in [-0.2, 0) is 12.7 Å². The van der Waals surface area contributed by atoms with Gasteiger partial charge in [-0.2, -0.15) is 13.2 Å². The molecule has 102 valence electrons. The molecule has 0 unspecified atom stereocenters. The molecule has 1 aromatic rings. The van der Waals surface area contributed by atoms with Crippen molar-refractivity contribution in [2.75, 3.05) is 7.05 Å². The number of nitrogens with zero attached hydrogens (tertiary/aromatic N) is 1. The molecule has 19 heavy (non-hydrogen) atoms. The van der Waals surface area contributed by atoms with Crippen molar-refractivity contribution in [1.29, 1.82) is 0 Å². The number of carbonyl (C=O) groups is 1. The summed E-state index contributed by atoms with van der Waals surface area (Å²) in [5, 5.41) is 0. The molecule has 0 bridgehead atoms. The zero-order valence-corrected chi connectivity index (χ0v) is 10.3. The predicted molar refractivity (Wildman–Crippen MR) is 60.9 cm³/mol. The Morgan fingerprint density at radius 2 is 2.00 bits per heavy atom. The summed E-state index contributed by atoms with van der Waals surface area (Å²) < 4.78 is 44.5. The van der Waals surface area contributed by atoms with Crippen molar-refractivity contribution >= 4 is 5.91 Å². The van der Waals surface area contributed by atoms with Gasteiger partial charge in [0.1, 0.15) is 5.75 Å². The Morgan fingerprint density at radius 3 is 2.58 bits per heavy atom. The summed E-state index contributed by atoms with van der Waals surface area (Å²) in [5.74, 6) is -0.251. The Balaban J connectivity index is 2.09. The highest BCUT2D eigenvalue weighted by Gasteiger charge is 2.40. The van der Waals surface area contributed by atoms with Gasteiger partial charge in [-0.3, -0.25) is 4.79 Å². The second kappa shape index (κ2) is 3.88. The van der Waals surface area contributed by atoms with Crippen molar-refractivity contribution in [2.45, 2.75) is 31.7 Å². The van der Waals surface area contributed by atoms with Crippen molar-refractivity contribution < 1.29 is 22.7 Å². The van der Waals surface area contributed by atoms with Crippen molar-refractivity contribution in [3.05, 3.63) is 28.8 Å². The van der Waals surface area contributed by atoms with Crippen molar-refractivity contribution in [3.8, 4) is 5.75 Å². The van der Waals surface area contributed by atoms with Crippen LogP contribution in [0.1, 0.15) is 34.3 Å². The Labute approximate surface area is 108 Å². The predicted octanol–water partition coefficient (Wildman–Crippen LogP) is 2.83.